The Morgan fingerprint density at radius 1 is 1.56 bits per heavy atom. The molecule has 1 aromatic heterocycles. The van der Waals surface area contributed by atoms with E-state index in [1.807, 2.05) is 7.05 Å². The molecule has 0 bridgehead atoms. The van der Waals surface area contributed by atoms with E-state index in [9.17, 15) is 4.79 Å². The molecule has 0 aromatic carbocycles. The summed E-state index contributed by atoms with van der Waals surface area (Å²) in [5.74, 6) is -0.500. The van der Waals surface area contributed by atoms with Crippen molar-refractivity contribution in [2.45, 2.75) is 6.54 Å². The van der Waals surface area contributed by atoms with Gasteiger partial charge in [-0.2, -0.15) is 0 Å². The zero-order chi connectivity index (χ0) is 13.4. The van der Waals surface area contributed by atoms with Gasteiger partial charge in [0.25, 0.3) is 0 Å². The molecule has 0 amide bonds. The molecule has 1 heterocycles. The summed E-state index contributed by atoms with van der Waals surface area (Å²) in [5.41, 5.74) is 0.218. The lowest BCUT2D eigenvalue weighted by Crippen LogP contribution is -2.31. The van der Waals surface area contributed by atoms with Crippen LogP contribution in [0.5, 0.6) is 0 Å². The maximum atomic E-state index is 10.8. The molecule has 0 saturated carbocycles. The molecule has 0 fully saturated rings. The summed E-state index contributed by atoms with van der Waals surface area (Å²) in [7, 11) is 3.69. The fourth-order valence-electron chi connectivity index (χ4n) is 1.50. The third-order valence-corrected chi connectivity index (χ3v) is 2.61. The first-order valence-corrected chi connectivity index (χ1v) is 5.83. The second-order valence-electron chi connectivity index (χ2n) is 4.04. The highest BCUT2D eigenvalue weighted by molar-refractivity contribution is 5.88. The molecule has 0 aliphatic rings. The maximum absolute atomic E-state index is 10.8. The Hall–Kier alpha value is -1.37. The maximum Gasteiger partial charge on any atom is 0.339 e. The molecule has 1 aromatic rings. The number of carbonyl (C=O) groups is 1. The number of nitrogens with zero attached hydrogens (tertiary/aromatic N) is 1. The summed E-state index contributed by atoms with van der Waals surface area (Å²) >= 11 is 0. The number of carboxylic acids is 1. The SMILES string of the molecule is COCCN(C)CCNCc1occc1C(=O)O. The van der Waals surface area contributed by atoms with Gasteiger partial charge in [-0.15, -0.1) is 0 Å². The summed E-state index contributed by atoms with van der Waals surface area (Å²) in [5, 5.41) is 12.0. The van der Waals surface area contributed by atoms with E-state index in [4.69, 9.17) is 14.3 Å². The number of hydrogen-bond donors (Lipinski definition) is 2. The minimum atomic E-state index is -0.960. The van der Waals surface area contributed by atoms with Gasteiger partial charge in [0.2, 0.25) is 0 Å². The monoisotopic (exact) mass is 256 g/mol. The van der Waals surface area contributed by atoms with E-state index in [1.54, 1.807) is 7.11 Å². The Bertz CT molecular complexity index is 365. The van der Waals surface area contributed by atoms with Crippen LogP contribution in [0.3, 0.4) is 0 Å². The lowest BCUT2D eigenvalue weighted by atomic mass is 10.2. The molecular weight excluding hydrogens is 236 g/mol. The number of nitrogens with one attached hydrogen (secondary N) is 1. The third kappa shape index (κ3) is 4.87. The number of carboxylic acid groups (broad SMARTS) is 1. The molecule has 18 heavy (non-hydrogen) atoms. The van der Waals surface area contributed by atoms with Crippen LogP contribution in [0.1, 0.15) is 16.1 Å². The second kappa shape index (κ2) is 7.86. The quantitative estimate of drug-likeness (QED) is 0.632. The van der Waals surface area contributed by atoms with Crippen LogP contribution in [0, 0.1) is 0 Å². The molecule has 6 nitrogen and oxygen atoms in total. The minimum Gasteiger partial charge on any atom is -0.478 e. The summed E-state index contributed by atoms with van der Waals surface area (Å²) in [6, 6.07) is 1.46. The highest BCUT2D eigenvalue weighted by Crippen LogP contribution is 2.09. The molecule has 0 aliphatic heterocycles. The van der Waals surface area contributed by atoms with Crippen molar-refractivity contribution in [2.24, 2.45) is 0 Å². The van der Waals surface area contributed by atoms with Gasteiger partial charge in [-0.05, 0) is 13.1 Å². The van der Waals surface area contributed by atoms with Crippen LogP contribution in [-0.2, 0) is 11.3 Å². The fraction of sp³-hybridized carbons (Fsp3) is 0.583. The summed E-state index contributed by atoms with van der Waals surface area (Å²) in [6.07, 6.45) is 1.39. The molecule has 1 rings (SSSR count). The smallest absolute Gasteiger partial charge is 0.339 e. The number of rotatable bonds is 9. The molecule has 0 spiro atoms. The zero-order valence-electron chi connectivity index (χ0n) is 10.8. The van der Waals surface area contributed by atoms with E-state index in [-0.39, 0.29) is 5.56 Å². The predicted molar refractivity (Wildman–Crippen MR) is 66.7 cm³/mol. The molecule has 0 aliphatic carbocycles. The number of hydrogen-bond acceptors (Lipinski definition) is 5. The number of furan rings is 1. The van der Waals surface area contributed by atoms with E-state index in [0.29, 0.717) is 18.9 Å². The van der Waals surface area contributed by atoms with Crippen LogP contribution in [0.4, 0.5) is 0 Å². The van der Waals surface area contributed by atoms with Crippen molar-refractivity contribution in [2.75, 3.05) is 40.4 Å². The van der Waals surface area contributed by atoms with Crippen molar-refractivity contribution in [1.29, 1.82) is 0 Å². The highest BCUT2D eigenvalue weighted by atomic mass is 16.5. The first kappa shape index (κ1) is 14.7. The number of methoxy groups -OCH3 is 1. The van der Waals surface area contributed by atoms with E-state index < -0.39 is 5.97 Å². The van der Waals surface area contributed by atoms with Crippen LogP contribution in [0.15, 0.2) is 16.7 Å². The molecular formula is C12H20N2O4. The van der Waals surface area contributed by atoms with Crippen LogP contribution < -0.4 is 5.32 Å². The standard InChI is InChI=1S/C12H20N2O4/c1-14(6-8-17-2)5-4-13-9-11-10(12(15)16)3-7-18-11/h3,7,13H,4-6,8-9H2,1-2H3,(H,15,16). The Balaban J connectivity index is 2.21. The van der Waals surface area contributed by atoms with Crippen LogP contribution in [0.25, 0.3) is 0 Å². The largest absolute Gasteiger partial charge is 0.478 e. The summed E-state index contributed by atoms with van der Waals surface area (Å²) in [6.45, 7) is 3.64. The van der Waals surface area contributed by atoms with Crippen LogP contribution >= 0.6 is 0 Å². The molecule has 102 valence electrons. The summed E-state index contributed by atoms with van der Waals surface area (Å²) in [4.78, 5) is 13.0. The number of aromatic carboxylic acids is 1. The average molecular weight is 256 g/mol. The van der Waals surface area contributed by atoms with Gasteiger partial charge in [0, 0.05) is 26.7 Å². The van der Waals surface area contributed by atoms with Gasteiger partial charge >= 0.3 is 5.97 Å². The Morgan fingerprint density at radius 3 is 3.00 bits per heavy atom. The molecule has 2 N–H and O–H groups in total. The third-order valence-electron chi connectivity index (χ3n) is 2.61. The Morgan fingerprint density at radius 2 is 2.33 bits per heavy atom. The van der Waals surface area contributed by atoms with Gasteiger partial charge in [-0.3, -0.25) is 0 Å². The zero-order valence-corrected chi connectivity index (χ0v) is 10.8. The van der Waals surface area contributed by atoms with Crippen molar-refractivity contribution in [3.05, 3.63) is 23.7 Å². The van der Waals surface area contributed by atoms with Gasteiger partial charge in [0.05, 0.1) is 19.4 Å². The Kier molecular flexibility index (Phi) is 6.42. The van der Waals surface area contributed by atoms with Crippen molar-refractivity contribution in [3.8, 4) is 0 Å². The molecule has 0 radical (unpaired) electrons. The average Bonchev–Trinajstić information content (AvgIpc) is 2.80. The topological polar surface area (TPSA) is 74.9 Å². The Labute approximate surface area is 107 Å². The summed E-state index contributed by atoms with van der Waals surface area (Å²) < 4.78 is 10.1. The van der Waals surface area contributed by atoms with Gasteiger partial charge in [0.15, 0.2) is 0 Å². The first-order valence-electron chi connectivity index (χ1n) is 5.83. The predicted octanol–water partition coefficient (Wildman–Crippen LogP) is 0.646. The van der Waals surface area contributed by atoms with Crippen molar-refractivity contribution < 1.29 is 19.1 Å². The van der Waals surface area contributed by atoms with E-state index in [2.05, 4.69) is 10.2 Å². The van der Waals surface area contributed by atoms with E-state index >= 15 is 0 Å². The van der Waals surface area contributed by atoms with Gasteiger partial charge in [-0.1, -0.05) is 0 Å². The second-order valence-corrected chi connectivity index (χ2v) is 4.04. The van der Waals surface area contributed by atoms with Gasteiger partial charge in [-0.25, -0.2) is 4.79 Å². The first-order chi connectivity index (χ1) is 8.65. The highest BCUT2D eigenvalue weighted by Gasteiger charge is 2.12. The van der Waals surface area contributed by atoms with Crippen molar-refractivity contribution >= 4 is 5.97 Å². The van der Waals surface area contributed by atoms with Crippen LogP contribution in [-0.4, -0.2) is 56.4 Å². The van der Waals surface area contributed by atoms with Gasteiger partial charge in [0.1, 0.15) is 11.3 Å². The fourth-order valence-corrected chi connectivity index (χ4v) is 1.50. The molecule has 0 saturated heterocycles. The minimum absolute atomic E-state index is 0.218. The van der Waals surface area contributed by atoms with E-state index in [0.717, 1.165) is 19.6 Å². The van der Waals surface area contributed by atoms with Gasteiger partial charge < -0.3 is 24.5 Å². The molecule has 0 atom stereocenters. The lowest BCUT2D eigenvalue weighted by molar-refractivity contribution is 0.0694. The van der Waals surface area contributed by atoms with Crippen LogP contribution in [0.2, 0.25) is 0 Å². The van der Waals surface area contributed by atoms with Crippen molar-refractivity contribution in [3.63, 3.8) is 0 Å². The normalized spacial score (nSPS) is 11.1. The molecule has 0 unspecified atom stereocenters. The molecule has 6 heteroatoms. The number of ether oxygens (including phenoxy) is 1. The lowest BCUT2D eigenvalue weighted by Gasteiger charge is -2.15. The van der Waals surface area contributed by atoms with E-state index in [1.165, 1.54) is 12.3 Å². The van der Waals surface area contributed by atoms with Crippen molar-refractivity contribution in [1.82, 2.24) is 10.2 Å². The number of likely N-dealkylation sites (N-methyl/N-ethyl adjacent to an activating group) is 1.